The molecule has 6 heteroatoms. The van der Waals surface area contributed by atoms with Crippen LogP contribution in [-0.2, 0) is 10.3 Å². The van der Waals surface area contributed by atoms with E-state index in [-0.39, 0.29) is 5.91 Å². The maximum absolute atomic E-state index is 11.7. The molecule has 0 unspecified atom stereocenters. The summed E-state index contributed by atoms with van der Waals surface area (Å²) < 4.78 is 2.91. The van der Waals surface area contributed by atoms with Crippen LogP contribution in [0.3, 0.4) is 0 Å². The fourth-order valence-corrected chi connectivity index (χ4v) is 5.02. The Bertz CT molecular complexity index is 1320. The van der Waals surface area contributed by atoms with E-state index < -0.39 is 5.54 Å². The Balaban J connectivity index is 1.94. The van der Waals surface area contributed by atoms with E-state index >= 15 is 0 Å². The molecule has 0 fully saturated rings. The number of nitrogens with one attached hydrogen (secondary N) is 1. The summed E-state index contributed by atoms with van der Waals surface area (Å²) in [6, 6.07) is 33.1. The van der Waals surface area contributed by atoms with Crippen LogP contribution in [0, 0.1) is 3.70 Å². The first-order valence-electron chi connectivity index (χ1n) is 10.6. The Morgan fingerprint density at radius 1 is 0.848 bits per heavy atom. The molecule has 0 aliphatic carbocycles. The molecule has 5 nitrogen and oxygen atoms in total. The Morgan fingerprint density at radius 3 is 1.79 bits per heavy atom. The van der Waals surface area contributed by atoms with Crippen molar-refractivity contribution in [1.29, 1.82) is 0 Å². The van der Waals surface area contributed by atoms with Crippen LogP contribution in [0.2, 0.25) is 0 Å². The molecule has 0 bridgehead atoms. The third kappa shape index (κ3) is 3.70. The number of rotatable bonds is 5. The molecular formula is C27H21IN4O. The number of hydrogen-bond acceptors (Lipinski definition) is 3. The summed E-state index contributed by atoms with van der Waals surface area (Å²) in [7, 11) is 0. The Morgan fingerprint density at radius 2 is 1.33 bits per heavy atom. The molecule has 2 aromatic heterocycles. The van der Waals surface area contributed by atoms with Crippen molar-refractivity contribution in [2.45, 2.75) is 12.5 Å². The van der Waals surface area contributed by atoms with E-state index in [9.17, 15) is 4.79 Å². The highest BCUT2D eigenvalue weighted by molar-refractivity contribution is 14.1. The maximum atomic E-state index is 11.7. The molecule has 162 valence electrons. The topological polar surface area (TPSA) is 59.8 Å². The number of carbonyl (C=O) groups excluding carboxylic acids is 1. The minimum absolute atomic E-state index is 0.164. The van der Waals surface area contributed by atoms with Gasteiger partial charge >= 0.3 is 0 Å². The van der Waals surface area contributed by atoms with E-state index in [1.165, 1.54) is 6.92 Å². The molecule has 0 spiro atoms. The van der Waals surface area contributed by atoms with Gasteiger partial charge in [-0.1, -0.05) is 91.0 Å². The van der Waals surface area contributed by atoms with Gasteiger partial charge in [0.05, 0.1) is 10.9 Å². The molecule has 5 aromatic rings. The summed E-state index contributed by atoms with van der Waals surface area (Å²) in [5.74, 6) is 0.332. The molecule has 0 atom stereocenters. The Kier molecular flexibility index (Phi) is 5.68. The van der Waals surface area contributed by atoms with Gasteiger partial charge in [0.25, 0.3) is 0 Å². The average Bonchev–Trinajstić information content (AvgIpc) is 3.17. The van der Waals surface area contributed by atoms with Crippen molar-refractivity contribution >= 4 is 45.2 Å². The van der Waals surface area contributed by atoms with Crippen molar-refractivity contribution in [3.63, 3.8) is 0 Å². The standard InChI is InChI=1S/C27H21IN4O/c1-19(33)30-25-17-24-23(18-29-25)26(28)31-32(24)27(20-11-5-2-6-12-20,21-13-7-3-8-14-21)22-15-9-4-10-16-22/h2-18H,1H3,(H,29,30,33). The first-order chi connectivity index (χ1) is 16.1. The molecule has 1 N–H and O–H groups in total. The highest BCUT2D eigenvalue weighted by Gasteiger charge is 2.40. The quantitative estimate of drug-likeness (QED) is 0.224. The minimum Gasteiger partial charge on any atom is -0.311 e. The third-order valence-electron chi connectivity index (χ3n) is 5.72. The first-order valence-corrected chi connectivity index (χ1v) is 11.7. The normalized spacial score (nSPS) is 11.5. The van der Waals surface area contributed by atoms with Crippen LogP contribution in [0.5, 0.6) is 0 Å². The molecule has 0 saturated carbocycles. The monoisotopic (exact) mass is 544 g/mol. The highest BCUT2D eigenvalue weighted by atomic mass is 127. The summed E-state index contributed by atoms with van der Waals surface area (Å²) in [5, 5.41) is 8.80. The van der Waals surface area contributed by atoms with Gasteiger partial charge in [-0.15, -0.1) is 0 Å². The fourth-order valence-electron chi connectivity index (χ4n) is 4.38. The summed E-state index contributed by atoms with van der Waals surface area (Å²) in [6.45, 7) is 1.48. The number of anilines is 1. The molecule has 5 rings (SSSR count). The lowest BCUT2D eigenvalue weighted by molar-refractivity contribution is -0.114. The van der Waals surface area contributed by atoms with E-state index in [4.69, 9.17) is 5.10 Å². The van der Waals surface area contributed by atoms with E-state index in [1.54, 1.807) is 6.20 Å². The SMILES string of the molecule is CC(=O)Nc1cc2c(cn1)c(I)nn2C(c1ccccc1)(c1ccccc1)c1ccccc1. The largest absolute Gasteiger partial charge is 0.311 e. The summed E-state index contributed by atoms with van der Waals surface area (Å²) in [5.41, 5.74) is 3.40. The number of pyridine rings is 1. The zero-order valence-corrected chi connectivity index (χ0v) is 20.1. The number of halogens is 1. The van der Waals surface area contributed by atoms with Crippen LogP contribution in [0.1, 0.15) is 23.6 Å². The van der Waals surface area contributed by atoms with Crippen LogP contribution < -0.4 is 5.32 Å². The predicted molar refractivity (Wildman–Crippen MR) is 139 cm³/mol. The van der Waals surface area contributed by atoms with Crippen LogP contribution in [0.4, 0.5) is 5.82 Å². The zero-order chi connectivity index (χ0) is 22.8. The second-order valence-corrected chi connectivity index (χ2v) is 8.80. The zero-order valence-electron chi connectivity index (χ0n) is 17.9. The van der Waals surface area contributed by atoms with Gasteiger partial charge in [-0.2, -0.15) is 5.10 Å². The van der Waals surface area contributed by atoms with Gasteiger partial charge in [-0.25, -0.2) is 9.67 Å². The minimum atomic E-state index is -0.736. The average molecular weight is 544 g/mol. The lowest BCUT2D eigenvalue weighted by atomic mass is 9.77. The number of benzene rings is 3. The third-order valence-corrected chi connectivity index (χ3v) is 6.51. The smallest absolute Gasteiger partial charge is 0.222 e. The highest BCUT2D eigenvalue weighted by Crippen LogP contribution is 2.42. The Hall–Kier alpha value is -3.52. The van der Waals surface area contributed by atoms with Gasteiger partial charge in [0.15, 0.2) is 0 Å². The van der Waals surface area contributed by atoms with Crippen LogP contribution in [-0.4, -0.2) is 20.7 Å². The summed E-state index contributed by atoms with van der Waals surface area (Å²) in [6.07, 6.45) is 1.78. The Labute approximate surface area is 205 Å². The predicted octanol–water partition coefficient (Wildman–Crippen LogP) is 5.83. The van der Waals surface area contributed by atoms with Gasteiger partial charge in [0.1, 0.15) is 15.1 Å². The van der Waals surface area contributed by atoms with Crippen molar-refractivity contribution in [3.05, 3.63) is 124 Å². The maximum Gasteiger partial charge on any atom is 0.222 e. The van der Waals surface area contributed by atoms with E-state index in [0.29, 0.717) is 5.82 Å². The second-order valence-electron chi connectivity index (χ2n) is 7.78. The number of amides is 1. The number of nitrogens with zero attached hydrogens (tertiary/aromatic N) is 3. The van der Waals surface area contributed by atoms with E-state index in [2.05, 4.69) is 110 Å². The number of fused-ring (bicyclic) bond motifs is 1. The molecule has 0 saturated heterocycles. The van der Waals surface area contributed by atoms with E-state index in [0.717, 1.165) is 31.3 Å². The lowest BCUT2D eigenvalue weighted by Gasteiger charge is -2.37. The van der Waals surface area contributed by atoms with Gasteiger partial charge in [0, 0.05) is 19.2 Å². The van der Waals surface area contributed by atoms with Gasteiger partial charge in [-0.05, 0) is 39.3 Å². The fraction of sp³-hybridized carbons (Fsp3) is 0.0741. The number of carbonyl (C=O) groups is 1. The second kappa shape index (κ2) is 8.78. The van der Waals surface area contributed by atoms with Crippen molar-refractivity contribution in [2.75, 3.05) is 5.32 Å². The first kappa shape index (κ1) is 21.3. The summed E-state index contributed by atoms with van der Waals surface area (Å²) in [4.78, 5) is 16.2. The molecule has 1 amide bonds. The van der Waals surface area contributed by atoms with Crippen molar-refractivity contribution in [1.82, 2.24) is 14.8 Å². The van der Waals surface area contributed by atoms with Gasteiger partial charge < -0.3 is 5.32 Å². The number of aromatic nitrogens is 3. The van der Waals surface area contributed by atoms with Gasteiger partial charge in [-0.3, -0.25) is 4.79 Å². The molecule has 0 aliphatic heterocycles. The van der Waals surface area contributed by atoms with Crippen LogP contribution in [0.25, 0.3) is 10.9 Å². The molecular weight excluding hydrogens is 523 g/mol. The lowest BCUT2D eigenvalue weighted by Crippen LogP contribution is -2.38. The van der Waals surface area contributed by atoms with Crippen molar-refractivity contribution < 1.29 is 4.79 Å². The molecule has 0 radical (unpaired) electrons. The van der Waals surface area contributed by atoms with Gasteiger partial charge in [0.2, 0.25) is 5.91 Å². The van der Waals surface area contributed by atoms with Crippen molar-refractivity contribution in [3.8, 4) is 0 Å². The van der Waals surface area contributed by atoms with Crippen LogP contribution >= 0.6 is 22.6 Å². The summed E-state index contributed by atoms with van der Waals surface area (Å²) >= 11 is 2.25. The number of hydrogen-bond donors (Lipinski definition) is 1. The van der Waals surface area contributed by atoms with Crippen LogP contribution in [0.15, 0.2) is 103 Å². The van der Waals surface area contributed by atoms with E-state index in [1.807, 2.05) is 24.3 Å². The molecule has 0 aliphatic rings. The molecule has 33 heavy (non-hydrogen) atoms. The van der Waals surface area contributed by atoms with Crippen molar-refractivity contribution in [2.24, 2.45) is 0 Å². The molecule has 3 aromatic carbocycles. The molecule has 2 heterocycles.